The number of nitrogens with zero attached hydrogens (tertiary/aromatic N) is 1. The van der Waals surface area contributed by atoms with Crippen molar-refractivity contribution in [3.8, 4) is 0 Å². The predicted molar refractivity (Wildman–Crippen MR) is 101 cm³/mol. The minimum absolute atomic E-state index is 0.0993. The SMILES string of the molecule is CCSC(=O)[C@H]1CN=C2c3ccccc3C(=O)C2[C@@H]1c1ccccc1. The van der Waals surface area contributed by atoms with Crippen LogP contribution in [-0.2, 0) is 4.79 Å². The van der Waals surface area contributed by atoms with Gasteiger partial charge in [-0.25, -0.2) is 0 Å². The van der Waals surface area contributed by atoms with Crippen molar-refractivity contribution in [2.24, 2.45) is 16.8 Å². The van der Waals surface area contributed by atoms with E-state index in [2.05, 4.69) is 0 Å². The smallest absolute Gasteiger partial charge is 0.194 e. The van der Waals surface area contributed by atoms with Gasteiger partial charge in [0.25, 0.3) is 0 Å². The minimum atomic E-state index is -0.347. The fourth-order valence-electron chi connectivity index (χ4n) is 4.01. The van der Waals surface area contributed by atoms with Gasteiger partial charge in [-0.15, -0.1) is 0 Å². The van der Waals surface area contributed by atoms with Crippen molar-refractivity contribution in [3.63, 3.8) is 0 Å². The Morgan fingerprint density at radius 2 is 1.76 bits per heavy atom. The van der Waals surface area contributed by atoms with Crippen LogP contribution in [-0.4, -0.2) is 28.9 Å². The van der Waals surface area contributed by atoms with Crippen molar-refractivity contribution < 1.29 is 9.59 Å². The molecule has 0 radical (unpaired) electrons. The molecule has 0 amide bonds. The number of Topliss-reactive ketones (excluding diaryl/α,β-unsaturated/α-hetero) is 1. The molecule has 1 heterocycles. The van der Waals surface area contributed by atoms with Crippen LogP contribution in [0.4, 0.5) is 0 Å². The van der Waals surface area contributed by atoms with Gasteiger partial charge >= 0.3 is 0 Å². The van der Waals surface area contributed by atoms with E-state index in [4.69, 9.17) is 4.99 Å². The van der Waals surface area contributed by atoms with Gasteiger partial charge in [-0.2, -0.15) is 0 Å². The summed E-state index contributed by atoms with van der Waals surface area (Å²) >= 11 is 1.34. The Hall–Kier alpha value is -2.20. The first kappa shape index (κ1) is 16.3. The molecule has 3 atom stereocenters. The van der Waals surface area contributed by atoms with E-state index in [0.717, 1.165) is 28.2 Å². The van der Waals surface area contributed by atoms with E-state index in [0.29, 0.717) is 6.54 Å². The first-order valence-electron chi connectivity index (χ1n) is 8.62. The molecule has 0 N–H and O–H groups in total. The van der Waals surface area contributed by atoms with E-state index >= 15 is 0 Å². The van der Waals surface area contributed by atoms with Gasteiger partial charge < -0.3 is 0 Å². The highest BCUT2D eigenvalue weighted by Gasteiger charge is 2.48. The second kappa shape index (κ2) is 6.60. The monoisotopic (exact) mass is 349 g/mol. The Kier molecular flexibility index (Phi) is 4.30. The summed E-state index contributed by atoms with van der Waals surface area (Å²) in [5, 5.41) is 0.142. The van der Waals surface area contributed by atoms with Crippen molar-refractivity contribution >= 4 is 28.4 Å². The molecule has 1 aliphatic heterocycles. The van der Waals surface area contributed by atoms with E-state index in [1.54, 1.807) is 0 Å². The average molecular weight is 349 g/mol. The Balaban J connectivity index is 1.83. The fourth-order valence-corrected chi connectivity index (χ4v) is 4.73. The first-order chi connectivity index (χ1) is 12.2. The molecule has 3 nitrogen and oxygen atoms in total. The van der Waals surface area contributed by atoms with Crippen molar-refractivity contribution in [1.29, 1.82) is 0 Å². The van der Waals surface area contributed by atoms with Crippen LogP contribution in [0.1, 0.15) is 34.3 Å². The number of carbonyl (C=O) groups excluding carboxylic acids is 2. The molecular formula is C21H19NO2S. The molecule has 0 aromatic heterocycles. The largest absolute Gasteiger partial charge is 0.293 e. The molecule has 4 rings (SSSR count). The lowest BCUT2D eigenvalue weighted by molar-refractivity contribution is -0.115. The summed E-state index contributed by atoms with van der Waals surface area (Å²) in [5.74, 6) is 0.105. The number of carbonyl (C=O) groups is 2. The van der Waals surface area contributed by atoms with Gasteiger partial charge in [0.2, 0.25) is 0 Å². The summed E-state index contributed by atoms with van der Waals surface area (Å²) in [7, 11) is 0. The maximum atomic E-state index is 13.1. The van der Waals surface area contributed by atoms with Crippen LogP contribution in [0.15, 0.2) is 59.6 Å². The van der Waals surface area contributed by atoms with E-state index in [-0.39, 0.29) is 28.7 Å². The molecular weight excluding hydrogens is 330 g/mol. The van der Waals surface area contributed by atoms with Gasteiger partial charge in [-0.3, -0.25) is 14.6 Å². The van der Waals surface area contributed by atoms with E-state index in [9.17, 15) is 9.59 Å². The highest BCUT2D eigenvalue weighted by atomic mass is 32.2. The minimum Gasteiger partial charge on any atom is -0.293 e. The Labute approximate surface area is 151 Å². The topological polar surface area (TPSA) is 46.5 Å². The maximum absolute atomic E-state index is 13.1. The van der Waals surface area contributed by atoms with Crippen LogP contribution in [0.2, 0.25) is 0 Å². The lowest BCUT2D eigenvalue weighted by Gasteiger charge is -2.33. The molecule has 4 heteroatoms. The predicted octanol–water partition coefficient (Wildman–Crippen LogP) is 3.98. The molecule has 2 aromatic carbocycles. The quantitative estimate of drug-likeness (QED) is 0.842. The molecule has 0 saturated heterocycles. The summed E-state index contributed by atoms with van der Waals surface area (Å²) in [6, 6.07) is 17.6. The molecule has 0 spiro atoms. The molecule has 2 aromatic rings. The lowest BCUT2D eigenvalue weighted by atomic mass is 9.73. The molecule has 1 unspecified atom stereocenters. The highest BCUT2D eigenvalue weighted by Crippen LogP contribution is 2.45. The molecule has 1 aliphatic carbocycles. The maximum Gasteiger partial charge on any atom is 0.194 e. The molecule has 0 saturated carbocycles. The van der Waals surface area contributed by atoms with E-state index < -0.39 is 0 Å². The van der Waals surface area contributed by atoms with Gasteiger partial charge in [0.15, 0.2) is 10.9 Å². The number of rotatable bonds is 3. The number of benzene rings is 2. The molecule has 25 heavy (non-hydrogen) atoms. The summed E-state index contributed by atoms with van der Waals surface area (Å²) in [5.41, 5.74) is 3.59. The first-order valence-corrected chi connectivity index (χ1v) is 9.60. The van der Waals surface area contributed by atoms with Crippen LogP contribution in [0.25, 0.3) is 0 Å². The second-order valence-electron chi connectivity index (χ2n) is 6.41. The Bertz CT molecular complexity index is 859. The highest BCUT2D eigenvalue weighted by molar-refractivity contribution is 8.13. The second-order valence-corrected chi connectivity index (χ2v) is 7.68. The summed E-state index contributed by atoms with van der Waals surface area (Å²) in [6.45, 7) is 2.44. The zero-order chi connectivity index (χ0) is 17.4. The van der Waals surface area contributed by atoms with Crippen molar-refractivity contribution in [3.05, 3.63) is 71.3 Å². The van der Waals surface area contributed by atoms with Gasteiger partial charge in [0.05, 0.1) is 24.1 Å². The van der Waals surface area contributed by atoms with Crippen LogP contribution in [0.3, 0.4) is 0 Å². The van der Waals surface area contributed by atoms with Gasteiger partial charge in [-0.1, -0.05) is 73.3 Å². The number of ketones is 1. The van der Waals surface area contributed by atoms with Crippen molar-refractivity contribution in [1.82, 2.24) is 0 Å². The van der Waals surface area contributed by atoms with E-state index in [1.165, 1.54) is 11.8 Å². The molecule has 126 valence electrons. The molecule has 0 bridgehead atoms. The summed E-state index contributed by atoms with van der Waals surface area (Å²) in [4.78, 5) is 30.6. The van der Waals surface area contributed by atoms with Crippen LogP contribution in [0, 0.1) is 11.8 Å². The number of thioether (sulfide) groups is 1. The third kappa shape index (κ3) is 2.65. The van der Waals surface area contributed by atoms with Crippen LogP contribution < -0.4 is 0 Å². The Morgan fingerprint density at radius 1 is 1.08 bits per heavy atom. The number of hydrogen-bond acceptors (Lipinski definition) is 4. The third-order valence-electron chi connectivity index (χ3n) is 5.07. The van der Waals surface area contributed by atoms with Crippen LogP contribution in [0.5, 0.6) is 0 Å². The summed E-state index contributed by atoms with van der Waals surface area (Å²) in [6.07, 6.45) is 0. The van der Waals surface area contributed by atoms with Gasteiger partial charge in [-0.05, 0) is 11.3 Å². The number of fused-ring (bicyclic) bond motifs is 3. The van der Waals surface area contributed by atoms with Crippen LogP contribution >= 0.6 is 11.8 Å². The zero-order valence-corrected chi connectivity index (χ0v) is 14.8. The zero-order valence-electron chi connectivity index (χ0n) is 14.0. The molecule has 2 aliphatic rings. The molecule has 0 fully saturated rings. The van der Waals surface area contributed by atoms with Gasteiger partial charge in [0.1, 0.15) is 0 Å². The summed E-state index contributed by atoms with van der Waals surface area (Å²) < 4.78 is 0. The normalized spacial score (nSPS) is 24.4. The third-order valence-corrected chi connectivity index (χ3v) is 5.95. The standard InChI is InChI=1S/C21H19NO2S/c1-2-25-21(24)16-12-22-19-14-10-6-7-11-15(14)20(23)18(19)17(16)13-8-4-3-5-9-13/h3-11,16-18H,2,12H2,1H3/t16-,17+,18?/m0/s1. The lowest BCUT2D eigenvalue weighted by Crippen LogP contribution is -2.38. The fraction of sp³-hybridized carbons (Fsp3) is 0.286. The van der Waals surface area contributed by atoms with E-state index in [1.807, 2.05) is 61.5 Å². The Morgan fingerprint density at radius 3 is 2.48 bits per heavy atom. The number of aliphatic imine (C=N–C) groups is 1. The number of hydrogen-bond donors (Lipinski definition) is 0. The van der Waals surface area contributed by atoms with Crippen molar-refractivity contribution in [2.75, 3.05) is 12.3 Å². The van der Waals surface area contributed by atoms with Gasteiger partial charge in [0, 0.05) is 17.0 Å². The average Bonchev–Trinajstić information content (AvgIpc) is 2.95. The van der Waals surface area contributed by atoms with Crippen molar-refractivity contribution in [2.45, 2.75) is 12.8 Å².